The second kappa shape index (κ2) is 6.67. The quantitative estimate of drug-likeness (QED) is 0.829. The van der Waals surface area contributed by atoms with Gasteiger partial charge in [-0.2, -0.15) is 0 Å². The lowest BCUT2D eigenvalue weighted by Crippen LogP contribution is -2.15. The van der Waals surface area contributed by atoms with Gasteiger partial charge < -0.3 is 16.2 Å². The first-order chi connectivity index (χ1) is 6.69. The summed E-state index contributed by atoms with van der Waals surface area (Å²) in [6, 6.07) is 6.02. The molecule has 1 atom stereocenters. The normalized spacial score (nSPS) is 11.7. The highest BCUT2D eigenvalue weighted by molar-refractivity contribution is 5.85. The maximum absolute atomic E-state index is 5.95. The van der Waals surface area contributed by atoms with Gasteiger partial charge in [0.25, 0.3) is 0 Å². The van der Waals surface area contributed by atoms with E-state index < -0.39 is 0 Å². The fraction of sp³-hybridized carbons (Fsp3) is 0.455. The molecule has 0 amide bonds. The minimum atomic E-state index is 0. The third kappa shape index (κ3) is 3.70. The number of rotatable bonds is 4. The Kier molecular flexibility index (Phi) is 6.32. The molecule has 0 aliphatic heterocycles. The summed E-state index contributed by atoms with van der Waals surface area (Å²) in [4.78, 5) is 0. The lowest BCUT2D eigenvalue weighted by atomic mass is 10.0. The van der Waals surface area contributed by atoms with Crippen molar-refractivity contribution < 1.29 is 4.74 Å². The van der Waals surface area contributed by atoms with Gasteiger partial charge >= 0.3 is 0 Å². The maximum Gasteiger partial charge on any atom is 0.121 e. The Morgan fingerprint density at radius 1 is 1.40 bits per heavy atom. The first-order valence-corrected chi connectivity index (χ1v) is 4.79. The Morgan fingerprint density at radius 2 is 2.07 bits per heavy atom. The van der Waals surface area contributed by atoms with Crippen molar-refractivity contribution in [1.29, 1.82) is 0 Å². The third-order valence-corrected chi connectivity index (χ3v) is 2.32. The number of hydrogen-bond acceptors (Lipinski definition) is 3. The molecule has 0 aliphatic carbocycles. The zero-order valence-corrected chi connectivity index (χ0v) is 10.0. The predicted molar refractivity (Wildman–Crippen MR) is 65.6 cm³/mol. The summed E-state index contributed by atoms with van der Waals surface area (Å²) in [6.07, 6.45) is 0.811. The van der Waals surface area contributed by atoms with Crippen molar-refractivity contribution in [1.82, 2.24) is 0 Å². The fourth-order valence-electron chi connectivity index (χ4n) is 1.48. The van der Waals surface area contributed by atoms with Gasteiger partial charge in [-0.25, -0.2) is 0 Å². The van der Waals surface area contributed by atoms with Crippen LogP contribution in [0, 0.1) is 6.92 Å². The highest BCUT2D eigenvalue weighted by Crippen LogP contribution is 2.22. The van der Waals surface area contributed by atoms with Crippen LogP contribution in [0.1, 0.15) is 23.6 Å². The number of methoxy groups -OCH3 is 1. The smallest absolute Gasteiger partial charge is 0.121 e. The van der Waals surface area contributed by atoms with E-state index in [9.17, 15) is 0 Å². The highest BCUT2D eigenvalue weighted by Gasteiger charge is 2.06. The zero-order valence-electron chi connectivity index (χ0n) is 9.19. The highest BCUT2D eigenvalue weighted by atomic mass is 35.5. The number of nitrogens with two attached hydrogens (primary N) is 2. The lowest BCUT2D eigenvalue weighted by Gasteiger charge is -2.13. The number of halogens is 1. The standard InChI is InChI=1S/C11H18N2O.ClH/c1-8-7-9(10(13)5-6-12)3-4-11(8)14-2;/h3-4,7,10H,5-6,12-13H2,1-2H3;1H/t10-;/m1./s1. The number of hydrogen-bond donors (Lipinski definition) is 2. The molecule has 4 heteroatoms. The van der Waals surface area contributed by atoms with E-state index in [1.807, 2.05) is 19.1 Å². The van der Waals surface area contributed by atoms with Crippen LogP contribution in [0.25, 0.3) is 0 Å². The molecule has 0 radical (unpaired) electrons. The van der Waals surface area contributed by atoms with Crippen LogP contribution in [0.15, 0.2) is 18.2 Å². The van der Waals surface area contributed by atoms with Gasteiger partial charge in [-0.1, -0.05) is 12.1 Å². The largest absolute Gasteiger partial charge is 0.496 e. The van der Waals surface area contributed by atoms with Gasteiger partial charge in [0, 0.05) is 6.04 Å². The Hall–Kier alpha value is -0.770. The number of aryl methyl sites for hydroxylation is 1. The molecule has 0 aliphatic rings. The van der Waals surface area contributed by atoms with Gasteiger partial charge in [-0.3, -0.25) is 0 Å². The molecule has 0 aromatic heterocycles. The van der Waals surface area contributed by atoms with Crippen molar-refractivity contribution in [3.8, 4) is 5.75 Å². The van der Waals surface area contributed by atoms with Crippen molar-refractivity contribution in [3.05, 3.63) is 29.3 Å². The van der Waals surface area contributed by atoms with Crippen molar-refractivity contribution >= 4 is 12.4 Å². The monoisotopic (exact) mass is 230 g/mol. The summed E-state index contributed by atoms with van der Waals surface area (Å²) < 4.78 is 5.17. The Morgan fingerprint density at radius 3 is 2.53 bits per heavy atom. The molecule has 0 saturated heterocycles. The van der Waals surface area contributed by atoms with Crippen molar-refractivity contribution in [2.45, 2.75) is 19.4 Å². The summed E-state index contributed by atoms with van der Waals surface area (Å²) in [7, 11) is 1.67. The van der Waals surface area contributed by atoms with Crippen LogP contribution in [0.4, 0.5) is 0 Å². The Bertz CT molecular complexity index is 305. The Balaban J connectivity index is 0.00000196. The van der Waals surface area contributed by atoms with E-state index >= 15 is 0 Å². The second-order valence-electron chi connectivity index (χ2n) is 3.41. The van der Waals surface area contributed by atoms with Gasteiger partial charge in [0.2, 0.25) is 0 Å². The molecule has 1 aromatic carbocycles. The predicted octanol–water partition coefficient (Wildman–Crippen LogP) is 1.77. The van der Waals surface area contributed by atoms with Crippen LogP contribution in [0.5, 0.6) is 5.75 Å². The third-order valence-electron chi connectivity index (χ3n) is 2.32. The summed E-state index contributed by atoms with van der Waals surface area (Å²) in [5.41, 5.74) is 13.6. The first-order valence-electron chi connectivity index (χ1n) is 4.79. The SMILES string of the molecule is COc1ccc([C@H](N)CCN)cc1C.Cl. The van der Waals surface area contributed by atoms with E-state index in [1.54, 1.807) is 7.11 Å². The van der Waals surface area contributed by atoms with Gasteiger partial charge in [-0.05, 0) is 37.1 Å². The van der Waals surface area contributed by atoms with Gasteiger partial charge in [-0.15, -0.1) is 12.4 Å². The molecule has 4 N–H and O–H groups in total. The first kappa shape index (κ1) is 14.2. The molecular formula is C11H19ClN2O. The molecule has 0 heterocycles. The van der Waals surface area contributed by atoms with Crippen LogP contribution >= 0.6 is 12.4 Å². The molecular weight excluding hydrogens is 212 g/mol. The summed E-state index contributed by atoms with van der Waals surface area (Å²) in [5, 5.41) is 0. The molecule has 3 nitrogen and oxygen atoms in total. The average molecular weight is 231 g/mol. The minimum Gasteiger partial charge on any atom is -0.496 e. The second-order valence-corrected chi connectivity index (χ2v) is 3.41. The fourth-order valence-corrected chi connectivity index (χ4v) is 1.48. The van der Waals surface area contributed by atoms with Crippen LogP contribution in [0.3, 0.4) is 0 Å². The molecule has 0 bridgehead atoms. The number of benzene rings is 1. The van der Waals surface area contributed by atoms with Gasteiger partial charge in [0.05, 0.1) is 7.11 Å². The van der Waals surface area contributed by atoms with E-state index in [1.165, 1.54) is 0 Å². The van der Waals surface area contributed by atoms with Crippen molar-refractivity contribution in [2.75, 3.05) is 13.7 Å². The average Bonchev–Trinajstić information content (AvgIpc) is 2.18. The van der Waals surface area contributed by atoms with Gasteiger partial charge in [0.1, 0.15) is 5.75 Å². The molecule has 0 saturated carbocycles. The molecule has 1 rings (SSSR count). The summed E-state index contributed by atoms with van der Waals surface area (Å²) in [5.74, 6) is 0.897. The molecule has 86 valence electrons. The molecule has 0 fully saturated rings. The number of ether oxygens (including phenoxy) is 1. The lowest BCUT2D eigenvalue weighted by molar-refractivity contribution is 0.411. The van der Waals surface area contributed by atoms with Gasteiger partial charge in [0.15, 0.2) is 0 Å². The topological polar surface area (TPSA) is 61.3 Å². The van der Waals surface area contributed by atoms with Crippen LogP contribution in [-0.2, 0) is 0 Å². The summed E-state index contributed by atoms with van der Waals surface area (Å²) in [6.45, 7) is 2.63. The van der Waals surface area contributed by atoms with Crippen molar-refractivity contribution in [2.24, 2.45) is 11.5 Å². The molecule has 15 heavy (non-hydrogen) atoms. The van der Waals surface area contributed by atoms with E-state index in [-0.39, 0.29) is 18.4 Å². The summed E-state index contributed by atoms with van der Waals surface area (Å²) >= 11 is 0. The maximum atomic E-state index is 5.95. The van der Waals surface area contributed by atoms with E-state index in [0.29, 0.717) is 6.54 Å². The van der Waals surface area contributed by atoms with Crippen LogP contribution in [0.2, 0.25) is 0 Å². The Labute approximate surface area is 97.2 Å². The van der Waals surface area contributed by atoms with E-state index in [2.05, 4.69) is 6.07 Å². The van der Waals surface area contributed by atoms with E-state index in [0.717, 1.165) is 23.3 Å². The zero-order chi connectivity index (χ0) is 10.6. The minimum absolute atomic E-state index is 0. The molecule has 0 unspecified atom stereocenters. The van der Waals surface area contributed by atoms with Crippen LogP contribution in [-0.4, -0.2) is 13.7 Å². The molecule has 0 spiro atoms. The van der Waals surface area contributed by atoms with E-state index in [4.69, 9.17) is 16.2 Å². The van der Waals surface area contributed by atoms with Crippen LogP contribution < -0.4 is 16.2 Å². The molecule has 1 aromatic rings. The van der Waals surface area contributed by atoms with Crippen molar-refractivity contribution in [3.63, 3.8) is 0 Å².